The number of aromatic nitrogens is 2. The summed E-state index contributed by atoms with van der Waals surface area (Å²) >= 11 is 0. The summed E-state index contributed by atoms with van der Waals surface area (Å²) in [7, 11) is -2.93. The number of rotatable bonds is 0. The van der Waals surface area contributed by atoms with Crippen molar-refractivity contribution in [3.8, 4) is 6.07 Å². The largest absolute Gasteiger partial charge is 0.305 e. The maximum Gasteiger partial charge on any atom is 0.305 e. The van der Waals surface area contributed by atoms with Crippen molar-refractivity contribution in [3.05, 3.63) is 47.2 Å². The molecule has 2 heterocycles. The van der Waals surface area contributed by atoms with Gasteiger partial charge in [0, 0.05) is 0 Å². The summed E-state index contributed by atoms with van der Waals surface area (Å²) in [4.78, 5) is 0. The lowest BCUT2D eigenvalue weighted by Gasteiger charge is -2.17. The zero-order valence-electron chi connectivity index (χ0n) is 12.7. The molecule has 0 atom stereocenters. The number of imidazole rings is 1. The number of para-hydroxylation sites is 2. The van der Waals surface area contributed by atoms with Crippen LogP contribution in [0.5, 0.6) is 0 Å². The highest BCUT2D eigenvalue weighted by atomic mass is 35.7. The second kappa shape index (κ2) is 6.12. The molecule has 120 valence electrons. The number of fused-ring (bicyclic) bond motifs is 3. The van der Waals surface area contributed by atoms with Crippen LogP contribution in [-0.2, 0) is 7.05 Å². The first-order chi connectivity index (χ1) is 10.6. The molecular weight excluding hydrogens is 322 g/mol. The van der Waals surface area contributed by atoms with Gasteiger partial charge in [0.1, 0.15) is 17.3 Å². The molecule has 0 unspecified atom stereocenters. The van der Waals surface area contributed by atoms with E-state index in [4.69, 9.17) is 18.6 Å². The van der Waals surface area contributed by atoms with Gasteiger partial charge in [0.05, 0.1) is 7.05 Å². The van der Waals surface area contributed by atoms with Gasteiger partial charge in [-0.05, 0) is 37.6 Å². The third kappa shape index (κ3) is 3.42. The van der Waals surface area contributed by atoms with Gasteiger partial charge >= 0.3 is 5.65 Å². The Kier molecular flexibility index (Phi) is 4.56. The summed E-state index contributed by atoms with van der Waals surface area (Å²) in [6.07, 6.45) is 0. The highest BCUT2D eigenvalue weighted by molar-refractivity contribution is 5.78. The lowest BCUT2D eigenvalue weighted by atomic mass is 10.1. The van der Waals surface area contributed by atoms with Gasteiger partial charge in [0.2, 0.25) is 0 Å². The fourth-order valence-corrected chi connectivity index (χ4v) is 2.72. The Balaban J connectivity index is 0.000000338. The van der Waals surface area contributed by atoms with E-state index in [2.05, 4.69) is 40.2 Å². The van der Waals surface area contributed by atoms with Crippen LogP contribution in [0.3, 0.4) is 0 Å². The number of nitrogens with zero attached hydrogens (tertiary/aromatic N) is 3. The van der Waals surface area contributed by atoms with Gasteiger partial charge in [-0.25, -0.2) is 23.2 Å². The molecule has 7 nitrogen and oxygen atoms in total. The number of benzene rings is 1. The molecule has 23 heavy (non-hydrogen) atoms. The Morgan fingerprint density at radius 3 is 2.26 bits per heavy atom. The Bertz CT molecular complexity index is 916. The zero-order valence-corrected chi connectivity index (χ0v) is 13.5. The minimum atomic E-state index is -4.94. The van der Waals surface area contributed by atoms with Crippen LogP contribution in [0.1, 0.15) is 16.8 Å². The van der Waals surface area contributed by atoms with Gasteiger partial charge in [-0.15, -0.1) is 10.2 Å². The van der Waals surface area contributed by atoms with Crippen LogP contribution >= 0.6 is 0 Å². The van der Waals surface area contributed by atoms with E-state index >= 15 is 0 Å². The number of halogens is 1. The summed E-state index contributed by atoms with van der Waals surface area (Å²) < 4.78 is 38.2. The van der Waals surface area contributed by atoms with E-state index in [1.165, 1.54) is 0 Å². The van der Waals surface area contributed by atoms with Crippen molar-refractivity contribution >= 4 is 16.7 Å². The van der Waals surface area contributed by atoms with E-state index in [1.54, 1.807) is 0 Å². The van der Waals surface area contributed by atoms with Crippen molar-refractivity contribution in [1.82, 2.24) is 4.40 Å². The average molecular weight is 336 g/mol. The lowest BCUT2D eigenvalue weighted by molar-refractivity contribution is -2.00. The predicted octanol–water partition coefficient (Wildman–Crippen LogP) is -2.35. The van der Waals surface area contributed by atoms with Crippen molar-refractivity contribution in [2.24, 2.45) is 7.05 Å². The van der Waals surface area contributed by atoms with E-state index in [-0.39, 0.29) is 0 Å². The van der Waals surface area contributed by atoms with E-state index in [1.807, 2.05) is 26.1 Å². The van der Waals surface area contributed by atoms with Gasteiger partial charge in [-0.2, -0.15) is 9.66 Å². The fourth-order valence-electron chi connectivity index (χ4n) is 2.72. The van der Waals surface area contributed by atoms with Crippen molar-refractivity contribution in [2.75, 3.05) is 0 Å². The van der Waals surface area contributed by atoms with Gasteiger partial charge in [0.15, 0.2) is 11.0 Å². The van der Waals surface area contributed by atoms with Crippen molar-refractivity contribution in [2.45, 2.75) is 13.8 Å². The third-order valence-electron chi connectivity index (χ3n) is 3.52. The molecule has 3 rings (SSSR count). The van der Waals surface area contributed by atoms with Crippen LogP contribution in [0, 0.1) is 35.4 Å². The van der Waals surface area contributed by atoms with Crippen LogP contribution in [0.25, 0.3) is 16.7 Å². The molecule has 3 aromatic rings. The van der Waals surface area contributed by atoms with Crippen molar-refractivity contribution < 1.29 is 33.4 Å². The molecule has 2 aromatic heterocycles. The minimum absolute atomic E-state index is 0.749. The normalized spacial score (nSPS) is 11.2. The first kappa shape index (κ1) is 17.1. The molecule has 0 saturated heterocycles. The smallest absolute Gasteiger partial charge is 0.225 e. The van der Waals surface area contributed by atoms with Gasteiger partial charge in [-0.3, -0.25) is 0 Å². The Labute approximate surface area is 134 Å². The zero-order chi connectivity index (χ0) is 17.4. The van der Waals surface area contributed by atoms with Crippen molar-refractivity contribution in [3.63, 3.8) is 0 Å². The summed E-state index contributed by atoms with van der Waals surface area (Å²) in [5, 5.41) is 9.38. The van der Waals surface area contributed by atoms with E-state index in [0.717, 1.165) is 33.5 Å². The molecule has 8 heteroatoms. The topological polar surface area (TPSA) is 124 Å². The molecule has 0 bridgehead atoms. The molecule has 0 spiro atoms. The Morgan fingerprint density at radius 2 is 1.70 bits per heavy atom. The standard InChI is InChI=1S/C15H14N3.ClHO4/c1-10-8-11(2)18-14-7-5-4-6-13(14)17(3)15(18)12(10)9-16;2-1(3,4)5/h4-8H,1-3H3;(H,2,3,4,5)/q+1;/p-1. The molecule has 1 aromatic carbocycles. The predicted molar refractivity (Wildman–Crippen MR) is 70.3 cm³/mol. The molecule has 0 saturated carbocycles. The van der Waals surface area contributed by atoms with Crippen LogP contribution in [0.15, 0.2) is 30.3 Å². The van der Waals surface area contributed by atoms with E-state index in [9.17, 15) is 5.26 Å². The van der Waals surface area contributed by atoms with E-state index in [0.29, 0.717) is 0 Å². The number of nitriles is 1. The maximum atomic E-state index is 9.38. The van der Waals surface area contributed by atoms with Gasteiger partial charge in [-0.1, -0.05) is 12.1 Å². The van der Waals surface area contributed by atoms with Crippen molar-refractivity contribution in [1.29, 1.82) is 5.26 Å². The maximum absolute atomic E-state index is 9.38. The Morgan fingerprint density at radius 1 is 1.13 bits per heavy atom. The van der Waals surface area contributed by atoms with Crippen LogP contribution in [0.4, 0.5) is 0 Å². The molecule has 0 aliphatic carbocycles. The van der Waals surface area contributed by atoms with Crippen LogP contribution in [0.2, 0.25) is 0 Å². The molecule has 0 aliphatic heterocycles. The molecule has 0 aliphatic rings. The number of aryl methyl sites for hydroxylation is 3. The number of hydrogen-bond acceptors (Lipinski definition) is 5. The van der Waals surface area contributed by atoms with E-state index < -0.39 is 10.2 Å². The summed E-state index contributed by atoms with van der Waals surface area (Å²) in [5.74, 6) is 0. The molecular formula is C15H14ClN3O4. The van der Waals surface area contributed by atoms with Gasteiger partial charge in [0.25, 0.3) is 0 Å². The Hall–Kier alpha value is -2.21. The molecule has 0 fully saturated rings. The first-order valence-electron chi connectivity index (χ1n) is 6.56. The second-order valence-electron chi connectivity index (χ2n) is 5.04. The number of hydrogen-bond donors (Lipinski definition) is 0. The summed E-state index contributed by atoms with van der Waals surface area (Å²) in [6, 6.07) is 12.6. The highest BCUT2D eigenvalue weighted by Crippen LogP contribution is 2.21. The highest BCUT2D eigenvalue weighted by Gasteiger charge is 2.22. The quantitative estimate of drug-likeness (QED) is 0.425. The van der Waals surface area contributed by atoms with Gasteiger partial charge < -0.3 is 0 Å². The molecule has 0 radical (unpaired) electrons. The van der Waals surface area contributed by atoms with Crippen LogP contribution < -0.4 is 23.2 Å². The minimum Gasteiger partial charge on any atom is -0.225 e. The van der Waals surface area contributed by atoms with Crippen LogP contribution in [-0.4, -0.2) is 4.40 Å². The average Bonchev–Trinajstić information content (AvgIpc) is 2.72. The first-order valence-corrected chi connectivity index (χ1v) is 7.80. The lowest BCUT2D eigenvalue weighted by Crippen LogP contribution is -2.68. The molecule has 0 N–H and O–H groups in total. The monoisotopic (exact) mass is 335 g/mol. The third-order valence-corrected chi connectivity index (χ3v) is 3.52. The SMILES string of the molecule is Cc1cc(C)n2c3ccccc3[n+](C)c2c1C#N.[O-][Cl+3]([O-])([O-])[O-]. The second-order valence-corrected chi connectivity index (χ2v) is 5.80. The molecule has 0 amide bonds. The fraction of sp³-hybridized carbons (Fsp3) is 0.200. The summed E-state index contributed by atoms with van der Waals surface area (Å²) in [6.45, 7) is 4.07. The summed E-state index contributed by atoms with van der Waals surface area (Å²) in [5.41, 5.74) is 6.18. The number of pyridine rings is 1.